The van der Waals surface area contributed by atoms with Gasteiger partial charge in [-0.25, -0.2) is 0 Å². The number of aromatic amines is 1. The van der Waals surface area contributed by atoms with E-state index < -0.39 is 0 Å². The van der Waals surface area contributed by atoms with Crippen molar-refractivity contribution in [3.63, 3.8) is 0 Å². The van der Waals surface area contributed by atoms with E-state index in [1.165, 1.54) is 5.56 Å². The number of amides is 1. The molecule has 31 heavy (non-hydrogen) atoms. The van der Waals surface area contributed by atoms with Crippen LogP contribution in [-0.4, -0.2) is 42.3 Å². The molecule has 1 saturated heterocycles. The maximum Gasteiger partial charge on any atom is 0.220 e. The number of rotatable bonds is 8. The van der Waals surface area contributed by atoms with Gasteiger partial charge < -0.3 is 15.0 Å². The number of carbonyl (C=O) groups is 1. The zero-order valence-electron chi connectivity index (χ0n) is 18.0. The summed E-state index contributed by atoms with van der Waals surface area (Å²) in [5, 5.41) is 10.9. The summed E-state index contributed by atoms with van der Waals surface area (Å²) in [6.45, 7) is 1.74. The number of benzene rings is 2. The largest absolute Gasteiger partial charge is 0.497 e. The fourth-order valence-electron chi connectivity index (χ4n) is 4.09. The molecular formula is C25H30N4O2. The quantitative estimate of drug-likeness (QED) is 0.575. The van der Waals surface area contributed by atoms with E-state index in [0.717, 1.165) is 61.6 Å². The Morgan fingerprint density at radius 2 is 2.00 bits per heavy atom. The third-order valence-corrected chi connectivity index (χ3v) is 5.79. The molecule has 0 bridgehead atoms. The SMILES string of the molecule is COc1ccc(-c2cc(N3CCCC(NC(=O)CCCc4ccccc4)C3)n[nH]2)cc1. The first-order valence-electron chi connectivity index (χ1n) is 11.0. The fourth-order valence-corrected chi connectivity index (χ4v) is 4.09. The summed E-state index contributed by atoms with van der Waals surface area (Å²) >= 11 is 0. The first-order chi connectivity index (χ1) is 15.2. The number of carbonyl (C=O) groups excluding carboxylic acids is 1. The number of anilines is 1. The summed E-state index contributed by atoms with van der Waals surface area (Å²) in [4.78, 5) is 14.7. The normalized spacial score (nSPS) is 16.2. The van der Waals surface area contributed by atoms with Crippen molar-refractivity contribution >= 4 is 11.7 Å². The zero-order chi connectivity index (χ0) is 21.5. The maximum atomic E-state index is 12.4. The van der Waals surface area contributed by atoms with Crippen LogP contribution in [0.5, 0.6) is 5.75 Å². The summed E-state index contributed by atoms with van der Waals surface area (Å²) in [5.41, 5.74) is 3.33. The third kappa shape index (κ3) is 5.66. The van der Waals surface area contributed by atoms with E-state index in [9.17, 15) is 4.79 Å². The number of nitrogens with one attached hydrogen (secondary N) is 2. The molecule has 2 heterocycles. The molecule has 1 unspecified atom stereocenters. The highest BCUT2D eigenvalue weighted by molar-refractivity contribution is 5.76. The lowest BCUT2D eigenvalue weighted by molar-refractivity contribution is -0.121. The number of aromatic nitrogens is 2. The molecule has 2 aromatic carbocycles. The molecule has 1 amide bonds. The Morgan fingerprint density at radius 3 is 2.77 bits per heavy atom. The molecule has 0 aliphatic carbocycles. The van der Waals surface area contributed by atoms with Crippen LogP contribution in [-0.2, 0) is 11.2 Å². The van der Waals surface area contributed by atoms with Gasteiger partial charge >= 0.3 is 0 Å². The first-order valence-corrected chi connectivity index (χ1v) is 11.0. The van der Waals surface area contributed by atoms with Gasteiger partial charge in [0.2, 0.25) is 5.91 Å². The van der Waals surface area contributed by atoms with Gasteiger partial charge in [0, 0.05) is 31.6 Å². The van der Waals surface area contributed by atoms with E-state index in [0.29, 0.717) is 6.42 Å². The first kappa shape index (κ1) is 21.0. The van der Waals surface area contributed by atoms with Crippen molar-refractivity contribution in [3.8, 4) is 17.0 Å². The van der Waals surface area contributed by atoms with Crippen LogP contribution < -0.4 is 15.0 Å². The Morgan fingerprint density at radius 1 is 1.19 bits per heavy atom. The van der Waals surface area contributed by atoms with Gasteiger partial charge in [0.15, 0.2) is 5.82 Å². The summed E-state index contributed by atoms with van der Waals surface area (Å²) in [6, 6.07) is 20.5. The van der Waals surface area contributed by atoms with Crippen LogP contribution in [0, 0.1) is 0 Å². The second-order valence-electron chi connectivity index (χ2n) is 8.06. The number of hydrogen-bond acceptors (Lipinski definition) is 4. The van der Waals surface area contributed by atoms with Crippen molar-refractivity contribution in [2.24, 2.45) is 0 Å². The lowest BCUT2D eigenvalue weighted by Crippen LogP contribution is -2.48. The number of hydrogen-bond donors (Lipinski definition) is 2. The molecule has 1 aliphatic heterocycles. The van der Waals surface area contributed by atoms with Gasteiger partial charge in [0.05, 0.1) is 12.8 Å². The van der Waals surface area contributed by atoms with E-state index in [-0.39, 0.29) is 11.9 Å². The second-order valence-corrected chi connectivity index (χ2v) is 8.06. The highest BCUT2D eigenvalue weighted by Gasteiger charge is 2.23. The average Bonchev–Trinajstić information content (AvgIpc) is 3.30. The number of nitrogens with zero attached hydrogens (tertiary/aromatic N) is 2. The molecule has 0 saturated carbocycles. The lowest BCUT2D eigenvalue weighted by atomic mass is 10.0. The monoisotopic (exact) mass is 418 g/mol. The van der Waals surface area contributed by atoms with Crippen LogP contribution in [0.4, 0.5) is 5.82 Å². The van der Waals surface area contributed by atoms with E-state index >= 15 is 0 Å². The summed E-state index contributed by atoms with van der Waals surface area (Å²) in [5.74, 6) is 1.90. The molecule has 4 rings (SSSR count). The molecule has 2 N–H and O–H groups in total. The van der Waals surface area contributed by atoms with Gasteiger partial charge in [-0.05, 0) is 61.1 Å². The van der Waals surface area contributed by atoms with Crippen molar-refractivity contribution in [2.45, 2.75) is 38.1 Å². The molecule has 6 nitrogen and oxygen atoms in total. The van der Waals surface area contributed by atoms with Crippen LogP contribution in [0.15, 0.2) is 60.7 Å². The smallest absolute Gasteiger partial charge is 0.220 e. The van der Waals surface area contributed by atoms with Crippen molar-refractivity contribution < 1.29 is 9.53 Å². The predicted octanol–water partition coefficient (Wildman–Crippen LogP) is 4.19. The van der Waals surface area contributed by atoms with Gasteiger partial charge in [-0.1, -0.05) is 30.3 Å². The van der Waals surface area contributed by atoms with Gasteiger partial charge in [0.25, 0.3) is 0 Å². The van der Waals surface area contributed by atoms with Gasteiger partial charge in [-0.2, -0.15) is 5.10 Å². The van der Waals surface area contributed by atoms with Gasteiger partial charge in [-0.15, -0.1) is 0 Å². The van der Waals surface area contributed by atoms with Crippen LogP contribution >= 0.6 is 0 Å². The predicted molar refractivity (Wildman–Crippen MR) is 123 cm³/mol. The minimum Gasteiger partial charge on any atom is -0.497 e. The standard InChI is InChI=1S/C25H30N4O2/c1-31-22-14-12-20(13-15-22)23-17-24(28-27-23)29-16-6-10-21(18-29)26-25(30)11-5-9-19-7-3-2-4-8-19/h2-4,7-8,12-15,17,21H,5-6,9-11,16,18H2,1H3,(H,26,30)(H,27,28). The Kier molecular flexibility index (Phi) is 6.87. The van der Waals surface area contributed by atoms with Crippen molar-refractivity contribution in [1.82, 2.24) is 15.5 Å². The molecule has 0 spiro atoms. The second kappa shape index (κ2) is 10.2. The summed E-state index contributed by atoms with van der Waals surface area (Å²) < 4.78 is 5.23. The van der Waals surface area contributed by atoms with Crippen molar-refractivity contribution in [2.75, 3.05) is 25.1 Å². The Balaban J connectivity index is 1.28. The number of H-pyrrole nitrogens is 1. The lowest BCUT2D eigenvalue weighted by Gasteiger charge is -2.33. The molecular weight excluding hydrogens is 388 g/mol. The number of piperidine rings is 1. The van der Waals surface area contributed by atoms with Crippen molar-refractivity contribution in [1.29, 1.82) is 0 Å². The minimum atomic E-state index is 0.142. The molecule has 1 aliphatic rings. The number of methoxy groups -OCH3 is 1. The van der Waals surface area contributed by atoms with E-state index in [2.05, 4.69) is 38.6 Å². The van der Waals surface area contributed by atoms with Crippen LogP contribution in [0.3, 0.4) is 0 Å². The molecule has 162 valence electrons. The summed E-state index contributed by atoms with van der Waals surface area (Å²) in [7, 11) is 1.66. The molecule has 3 aromatic rings. The topological polar surface area (TPSA) is 70.2 Å². The Labute approximate surface area is 183 Å². The number of ether oxygens (including phenoxy) is 1. The van der Waals surface area contributed by atoms with E-state index in [1.54, 1.807) is 7.11 Å². The molecule has 1 aromatic heterocycles. The molecule has 0 radical (unpaired) electrons. The number of aryl methyl sites for hydroxylation is 1. The van der Waals surface area contributed by atoms with Crippen LogP contribution in [0.1, 0.15) is 31.2 Å². The Hall–Kier alpha value is -3.28. The van der Waals surface area contributed by atoms with Gasteiger partial charge in [0.1, 0.15) is 5.75 Å². The highest BCUT2D eigenvalue weighted by Crippen LogP contribution is 2.25. The molecule has 1 atom stereocenters. The van der Waals surface area contributed by atoms with E-state index in [1.807, 2.05) is 42.5 Å². The van der Waals surface area contributed by atoms with Crippen LogP contribution in [0.25, 0.3) is 11.3 Å². The average molecular weight is 419 g/mol. The fraction of sp³-hybridized carbons (Fsp3) is 0.360. The zero-order valence-corrected chi connectivity index (χ0v) is 18.0. The minimum absolute atomic E-state index is 0.142. The third-order valence-electron chi connectivity index (χ3n) is 5.79. The maximum absolute atomic E-state index is 12.4. The van der Waals surface area contributed by atoms with E-state index in [4.69, 9.17) is 4.74 Å². The van der Waals surface area contributed by atoms with Crippen molar-refractivity contribution in [3.05, 3.63) is 66.2 Å². The van der Waals surface area contributed by atoms with Gasteiger partial charge in [-0.3, -0.25) is 9.89 Å². The summed E-state index contributed by atoms with van der Waals surface area (Å²) in [6.07, 6.45) is 4.43. The van der Waals surface area contributed by atoms with Crippen LogP contribution in [0.2, 0.25) is 0 Å². The highest BCUT2D eigenvalue weighted by atomic mass is 16.5. The Bertz CT molecular complexity index is 969. The molecule has 1 fully saturated rings. The molecule has 6 heteroatoms.